The van der Waals surface area contributed by atoms with Crippen molar-refractivity contribution in [1.29, 1.82) is 0 Å². The Labute approximate surface area is 266 Å². The van der Waals surface area contributed by atoms with Crippen molar-refractivity contribution in [3.8, 4) is 5.75 Å². The van der Waals surface area contributed by atoms with Gasteiger partial charge in [-0.15, -0.1) is 0 Å². The second-order valence-corrected chi connectivity index (χ2v) is 12.8. The summed E-state index contributed by atoms with van der Waals surface area (Å²) in [5.74, 6) is 0.657. The van der Waals surface area contributed by atoms with Gasteiger partial charge in [0, 0.05) is 62.0 Å². The van der Waals surface area contributed by atoms with Crippen LogP contribution < -0.4 is 4.74 Å². The van der Waals surface area contributed by atoms with Gasteiger partial charge in [0.2, 0.25) is 5.91 Å². The number of carbonyl (C=O) groups is 1. The van der Waals surface area contributed by atoms with Gasteiger partial charge in [-0.2, -0.15) is 0 Å². The Balaban J connectivity index is 1.46. The third kappa shape index (κ3) is 10.1. The molecule has 0 aliphatic rings. The van der Waals surface area contributed by atoms with Gasteiger partial charge in [0.25, 0.3) is 0 Å². The minimum Gasteiger partial charge on any atom is -0.491 e. The molecule has 236 valence electrons. The molecular formula is C36H46ClN3O4. The Kier molecular flexibility index (Phi) is 12.3. The molecule has 0 bridgehead atoms. The summed E-state index contributed by atoms with van der Waals surface area (Å²) >= 11 is 5.97. The molecule has 0 aliphatic heterocycles. The van der Waals surface area contributed by atoms with Crippen molar-refractivity contribution >= 4 is 28.4 Å². The van der Waals surface area contributed by atoms with Gasteiger partial charge in [0.1, 0.15) is 18.5 Å². The number of hydrogen-bond donors (Lipinski definition) is 2. The molecule has 0 unspecified atom stereocenters. The number of aromatic nitrogens is 1. The molecule has 0 saturated heterocycles. The Morgan fingerprint density at radius 1 is 1.00 bits per heavy atom. The Hall–Kier alpha value is -3.36. The number of ether oxygens (including phenoxy) is 2. The monoisotopic (exact) mass is 619 g/mol. The highest BCUT2D eigenvalue weighted by atomic mass is 35.5. The number of aliphatic hydroxyl groups is 1. The number of carbonyl (C=O) groups excluding carboxylic acids is 1. The molecule has 1 atom stereocenters. The number of aliphatic hydroxyl groups excluding tert-OH is 1. The molecule has 1 heterocycles. The predicted molar refractivity (Wildman–Crippen MR) is 178 cm³/mol. The molecule has 44 heavy (non-hydrogen) atoms. The highest BCUT2D eigenvalue weighted by Crippen LogP contribution is 2.23. The maximum atomic E-state index is 14.0. The van der Waals surface area contributed by atoms with Crippen LogP contribution in [-0.4, -0.2) is 78.4 Å². The summed E-state index contributed by atoms with van der Waals surface area (Å²) in [5.41, 5.74) is 4.69. The first-order valence-corrected chi connectivity index (χ1v) is 15.7. The largest absolute Gasteiger partial charge is 0.491 e. The van der Waals surface area contributed by atoms with Gasteiger partial charge in [-0.05, 0) is 65.3 Å². The first-order chi connectivity index (χ1) is 21.1. The number of nitrogens with one attached hydrogen (secondary N) is 1. The lowest BCUT2D eigenvalue weighted by Crippen LogP contribution is -2.44. The van der Waals surface area contributed by atoms with Crippen LogP contribution in [0, 0.1) is 0 Å². The maximum Gasteiger partial charge on any atom is 0.237 e. The first-order valence-electron chi connectivity index (χ1n) is 15.3. The standard InChI is InChI=1S/C36H46ClN3O4/c1-36(2,3)29-12-10-27(11-13-29)23-40(20-18-28-22-38-34-9-6-5-8-33(28)34)35(42)25-39(19-7-21-43-4)24-31(41)26-44-32-16-14-30(37)15-17-32/h5-6,8-17,22,31,38,41H,7,18-21,23-26H2,1-4H3/t31-/m0/s1. The van der Waals surface area contributed by atoms with Crippen molar-refractivity contribution in [2.75, 3.05) is 46.5 Å². The van der Waals surface area contributed by atoms with Crippen molar-refractivity contribution < 1.29 is 19.4 Å². The lowest BCUT2D eigenvalue weighted by molar-refractivity contribution is -0.133. The van der Waals surface area contributed by atoms with Crippen molar-refractivity contribution in [1.82, 2.24) is 14.8 Å². The number of amides is 1. The number of methoxy groups -OCH3 is 1. The SMILES string of the molecule is COCCCN(CC(=O)N(CCc1c[nH]c2ccccc12)Cc1ccc(C(C)(C)C)cc1)C[C@H](O)COc1ccc(Cl)cc1. The van der Waals surface area contributed by atoms with E-state index in [0.717, 1.165) is 23.9 Å². The molecule has 0 aliphatic carbocycles. The number of aromatic amines is 1. The maximum absolute atomic E-state index is 14.0. The Bertz CT molecular complexity index is 1450. The van der Waals surface area contributed by atoms with Crippen LogP contribution in [-0.2, 0) is 27.9 Å². The average Bonchev–Trinajstić information content (AvgIpc) is 3.42. The molecule has 0 radical (unpaired) electrons. The first kappa shape index (κ1) is 33.5. The average molecular weight is 620 g/mol. The van der Waals surface area contributed by atoms with Crippen LogP contribution in [0.15, 0.2) is 79.0 Å². The quantitative estimate of drug-likeness (QED) is 0.141. The lowest BCUT2D eigenvalue weighted by atomic mass is 9.87. The number of fused-ring (bicyclic) bond motifs is 1. The van der Waals surface area contributed by atoms with E-state index in [1.165, 1.54) is 16.5 Å². The van der Waals surface area contributed by atoms with Gasteiger partial charge < -0.3 is 24.5 Å². The fourth-order valence-electron chi connectivity index (χ4n) is 5.25. The normalized spacial score (nSPS) is 12.5. The number of nitrogens with zero attached hydrogens (tertiary/aromatic N) is 2. The van der Waals surface area contributed by atoms with E-state index in [9.17, 15) is 9.90 Å². The zero-order valence-corrected chi connectivity index (χ0v) is 27.1. The predicted octanol–water partition coefficient (Wildman–Crippen LogP) is 6.47. The van der Waals surface area contributed by atoms with Crippen LogP contribution in [0.1, 0.15) is 43.9 Å². The Morgan fingerprint density at radius 2 is 1.73 bits per heavy atom. The van der Waals surface area contributed by atoms with E-state index in [1.807, 2.05) is 28.1 Å². The molecule has 8 heteroatoms. The number of halogens is 1. The van der Waals surface area contributed by atoms with Gasteiger partial charge in [0.15, 0.2) is 0 Å². The van der Waals surface area contributed by atoms with Crippen LogP contribution in [0.3, 0.4) is 0 Å². The van der Waals surface area contributed by atoms with E-state index >= 15 is 0 Å². The van der Waals surface area contributed by atoms with E-state index in [0.29, 0.717) is 43.6 Å². The molecule has 1 amide bonds. The smallest absolute Gasteiger partial charge is 0.237 e. The molecule has 0 saturated carbocycles. The minimum absolute atomic E-state index is 0.0213. The summed E-state index contributed by atoms with van der Waals surface area (Å²) in [7, 11) is 1.67. The van der Waals surface area contributed by atoms with Crippen LogP contribution in [0.25, 0.3) is 10.9 Å². The fourth-order valence-corrected chi connectivity index (χ4v) is 5.37. The van der Waals surface area contributed by atoms with Gasteiger partial charge in [0.05, 0.1) is 6.54 Å². The van der Waals surface area contributed by atoms with E-state index in [2.05, 4.69) is 62.2 Å². The number of H-pyrrole nitrogens is 1. The van der Waals surface area contributed by atoms with Crippen molar-refractivity contribution in [3.05, 3.63) is 101 Å². The molecule has 2 N–H and O–H groups in total. The summed E-state index contributed by atoms with van der Waals surface area (Å²) in [6, 6.07) is 23.9. The van der Waals surface area contributed by atoms with E-state index < -0.39 is 6.10 Å². The molecule has 0 fully saturated rings. The molecular weight excluding hydrogens is 574 g/mol. The zero-order valence-electron chi connectivity index (χ0n) is 26.4. The van der Waals surface area contributed by atoms with Gasteiger partial charge in [-0.3, -0.25) is 9.69 Å². The van der Waals surface area contributed by atoms with Gasteiger partial charge in [-0.25, -0.2) is 0 Å². The van der Waals surface area contributed by atoms with Gasteiger partial charge in [-0.1, -0.05) is 74.8 Å². The van der Waals surface area contributed by atoms with Crippen LogP contribution in [0.4, 0.5) is 0 Å². The molecule has 7 nitrogen and oxygen atoms in total. The lowest BCUT2D eigenvalue weighted by Gasteiger charge is -2.29. The number of rotatable bonds is 16. The third-order valence-corrected chi connectivity index (χ3v) is 8.03. The molecule has 4 aromatic rings. The highest BCUT2D eigenvalue weighted by molar-refractivity contribution is 6.30. The van der Waals surface area contributed by atoms with Crippen molar-refractivity contribution in [3.63, 3.8) is 0 Å². The minimum atomic E-state index is -0.773. The van der Waals surface area contributed by atoms with E-state index in [1.54, 1.807) is 31.4 Å². The molecule has 1 aromatic heterocycles. The Morgan fingerprint density at radius 3 is 2.43 bits per heavy atom. The fraction of sp³-hybridized carbons (Fsp3) is 0.417. The summed E-state index contributed by atoms with van der Waals surface area (Å²) in [6.07, 6.45) is 2.75. The topological polar surface area (TPSA) is 78.0 Å². The zero-order chi connectivity index (χ0) is 31.5. The second kappa shape index (κ2) is 16.1. The number of hydrogen-bond acceptors (Lipinski definition) is 5. The van der Waals surface area contributed by atoms with E-state index in [-0.39, 0.29) is 24.5 Å². The van der Waals surface area contributed by atoms with Crippen molar-refractivity contribution in [2.24, 2.45) is 0 Å². The summed E-state index contributed by atoms with van der Waals surface area (Å²) in [5, 5.41) is 12.7. The van der Waals surface area contributed by atoms with Crippen molar-refractivity contribution in [2.45, 2.75) is 51.7 Å². The van der Waals surface area contributed by atoms with E-state index in [4.69, 9.17) is 21.1 Å². The van der Waals surface area contributed by atoms with Crippen LogP contribution in [0.5, 0.6) is 5.75 Å². The third-order valence-electron chi connectivity index (χ3n) is 7.78. The number of benzene rings is 3. The summed E-state index contributed by atoms with van der Waals surface area (Å²) in [4.78, 5) is 21.2. The molecule has 4 rings (SSSR count). The molecule has 3 aromatic carbocycles. The van der Waals surface area contributed by atoms with Gasteiger partial charge >= 0.3 is 0 Å². The summed E-state index contributed by atoms with van der Waals surface area (Å²) in [6.45, 7) is 9.50. The van der Waals surface area contributed by atoms with Crippen LogP contribution >= 0.6 is 11.6 Å². The second-order valence-electron chi connectivity index (χ2n) is 12.4. The summed E-state index contributed by atoms with van der Waals surface area (Å²) < 4.78 is 11.0. The molecule has 0 spiro atoms. The van der Waals surface area contributed by atoms with Crippen LogP contribution in [0.2, 0.25) is 5.02 Å². The highest BCUT2D eigenvalue weighted by Gasteiger charge is 2.21. The number of para-hydroxylation sites is 1.